The predicted octanol–water partition coefficient (Wildman–Crippen LogP) is 23.7. The van der Waals surface area contributed by atoms with Gasteiger partial charge in [0.1, 0.15) is 13.2 Å². The molecule has 0 heterocycles. The lowest BCUT2D eigenvalue weighted by Crippen LogP contribution is -2.30. The second kappa shape index (κ2) is 67.4. The van der Waals surface area contributed by atoms with Gasteiger partial charge in [0.05, 0.1) is 0 Å². The van der Waals surface area contributed by atoms with Crippen LogP contribution in [-0.2, 0) is 28.6 Å². The number of carbonyl (C=O) groups is 3. The molecule has 79 heavy (non-hydrogen) atoms. The highest BCUT2D eigenvalue weighted by molar-refractivity contribution is 5.71. The Hall–Kier alpha value is -3.15. The molecule has 6 heteroatoms. The molecule has 6 nitrogen and oxygen atoms in total. The smallest absolute Gasteiger partial charge is 0.306 e. The minimum Gasteiger partial charge on any atom is -0.462 e. The summed E-state index contributed by atoms with van der Waals surface area (Å²) >= 11 is 0. The maximum atomic E-state index is 12.9. The van der Waals surface area contributed by atoms with E-state index in [1.54, 1.807) is 0 Å². The molecule has 1 unspecified atom stereocenters. The summed E-state index contributed by atoms with van der Waals surface area (Å²) in [5.74, 6) is -0.866. The third kappa shape index (κ3) is 65.5. The fraction of sp³-hybridized carbons (Fsp3) is 0.795. The highest BCUT2D eigenvalue weighted by atomic mass is 16.6. The maximum absolute atomic E-state index is 12.9. The van der Waals surface area contributed by atoms with Crippen LogP contribution < -0.4 is 0 Å². The van der Waals surface area contributed by atoms with Gasteiger partial charge in [-0.05, 0) is 89.9 Å². The SMILES string of the molecule is CC/C=C\C/C=C\C/C=C\C/C=C\CCCCCCCCCCCCC(=O)OC(COC(=O)CCCCCCCCC)COC(=O)CCCCCCCCCCCCCCCCCCCCC/C=C\C/C=C\CCCCCCC. The topological polar surface area (TPSA) is 78.9 Å². The van der Waals surface area contributed by atoms with Crippen molar-refractivity contribution in [1.82, 2.24) is 0 Å². The van der Waals surface area contributed by atoms with E-state index in [0.29, 0.717) is 19.3 Å². The van der Waals surface area contributed by atoms with Gasteiger partial charge in [-0.25, -0.2) is 0 Å². The summed E-state index contributed by atoms with van der Waals surface area (Å²) in [6.07, 6.45) is 88.2. The Morgan fingerprint density at radius 1 is 0.266 bits per heavy atom. The Bertz CT molecular complexity index is 1450. The summed E-state index contributed by atoms with van der Waals surface area (Å²) in [5, 5.41) is 0. The third-order valence-electron chi connectivity index (χ3n) is 15.2. The zero-order valence-corrected chi connectivity index (χ0v) is 52.6. The molecular weight excluding hydrogens is 973 g/mol. The molecule has 0 aromatic rings. The van der Waals surface area contributed by atoms with Crippen molar-refractivity contribution in [3.8, 4) is 0 Å². The highest BCUT2D eigenvalue weighted by Gasteiger charge is 2.19. The van der Waals surface area contributed by atoms with Crippen molar-refractivity contribution in [3.63, 3.8) is 0 Å². The summed E-state index contributed by atoms with van der Waals surface area (Å²) in [6, 6.07) is 0. The van der Waals surface area contributed by atoms with Gasteiger partial charge in [-0.1, -0.05) is 318 Å². The second-order valence-electron chi connectivity index (χ2n) is 23.1. The Balaban J connectivity index is 4.04. The van der Waals surface area contributed by atoms with Crippen molar-refractivity contribution in [2.75, 3.05) is 13.2 Å². The minimum absolute atomic E-state index is 0.0729. The first kappa shape index (κ1) is 75.8. The van der Waals surface area contributed by atoms with Crippen LogP contribution in [0.3, 0.4) is 0 Å². The third-order valence-corrected chi connectivity index (χ3v) is 15.2. The van der Waals surface area contributed by atoms with Crippen LogP contribution in [0.5, 0.6) is 0 Å². The van der Waals surface area contributed by atoms with Crippen molar-refractivity contribution in [3.05, 3.63) is 72.9 Å². The van der Waals surface area contributed by atoms with E-state index in [9.17, 15) is 14.4 Å². The van der Waals surface area contributed by atoms with Crippen LogP contribution in [0.1, 0.15) is 355 Å². The fourth-order valence-electron chi connectivity index (χ4n) is 10.1. The highest BCUT2D eigenvalue weighted by Crippen LogP contribution is 2.18. The Labute approximate surface area is 491 Å². The van der Waals surface area contributed by atoms with Gasteiger partial charge in [-0.2, -0.15) is 0 Å². The normalized spacial score (nSPS) is 12.5. The zero-order chi connectivity index (χ0) is 57.1. The van der Waals surface area contributed by atoms with Crippen LogP contribution in [0.4, 0.5) is 0 Å². The van der Waals surface area contributed by atoms with E-state index in [1.165, 1.54) is 225 Å². The number of unbranched alkanes of at least 4 members (excludes halogenated alkanes) is 40. The molecule has 0 aromatic heterocycles. The summed E-state index contributed by atoms with van der Waals surface area (Å²) < 4.78 is 16.9. The number of hydrogen-bond donors (Lipinski definition) is 0. The van der Waals surface area contributed by atoms with Gasteiger partial charge in [0.2, 0.25) is 0 Å². The Kier molecular flexibility index (Phi) is 64.7. The molecule has 0 amide bonds. The van der Waals surface area contributed by atoms with Gasteiger partial charge >= 0.3 is 17.9 Å². The number of rotatable bonds is 63. The number of hydrogen-bond acceptors (Lipinski definition) is 6. The average Bonchev–Trinajstić information content (AvgIpc) is 3.45. The molecule has 0 spiro atoms. The molecule has 0 radical (unpaired) electrons. The number of ether oxygens (including phenoxy) is 3. The van der Waals surface area contributed by atoms with Crippen molar-refractivity contribution < 1.29 is 28.6 Å². The van der Waals surface area contributed by atoms with E-state index >= 15 is 0 Å². The molecule has 0 bridgehead atoms. The predicted molar refractivity (Wildman–Crippen MR) is 344 cm³/mol. The van der Waals surface area contributed by atoms with Crippen LogP contribution in [-0.4, -0.2) is 37.2 Å². The Morgan fingerprint density at radius 2 is 0.494 bits per heavy atom. The molecule has 0 aliphatic rings. The molecule has 0 aliphatic heterocycles. The summed E-state index contributed by atoms with van der Waals surface area (Å²) in [6.45, 7) is 6.52. The van der Waals surface area contributed by atoms with E-state index in [1.807, 2.05) is 0 Å². The largest absolute Gasteiger partial charge is 0.462 e. The van der Waals surface area contributed by atoms with Gasteiger partial charge in [0.15, 0.2) is 6.10 Å². The van der Waals surface area contributed by atoms with Gasteiger partial charge in [-0.15, -0.1) is 0 Å². The van der Waals surface area contributed by atoms with E-state index in [-0.39, 0.29) is 31.1 Å². The van der Waals surface area contributed by atoms with Gasteiger partial charge in [0.25, 0.3) is 0 Å². The van der Waals surface area contributed by atoms with Crippen molar-refractivity contribution in [1.29, 1.82) is 0 Å². The van der Waals surface area contributed by atoms with Crippen LogP contribution in [0.2, 0.25) is 0 Å². The van der Waals surface area contributed by atoms with E-state index in [2.05, 4.69) is 93.7 Å². The molecule has 0 saturated heterocycles. The Morgan fingerprint density at radius 3 is 0.772 bits per heavy atom. The lowest BCUT2D eigenvalue weighted by Gasteiger charge is -2.18. The molecular formula is C73H130O6. The van der Waals surface area contributed by atoms with E-state index in [4.69, 9.17) is 14.2 Å². The lowest BCUT2D eigenvalue weighted by molar-refractivity contribution is -0.167. The number of allylic oxidation sites excluding steroid dienone is 12. The van der Waals surface area contributed by atoms with Gasteiger partial charge in [-0.3, -0.25) is 14.4 Å². The zero-order valence-electron chi connectivity index (χ0n) is 52.6. The average molecular weight is 1100 g/mol. The standard InChI is InChI=1S/C73H130O6/c1-4-7-10-13-16-18-20-22-24-26-28-30-32-33-34-35-36-37-38-39-41-42-44-46-48-50-52-54-57-60-63-66-72(75)78-69-70(68-77-71(74)65-62-59-56-15-12-9-6-3)79-73(76)67-64-61-58-55-53-51-49-47-45-43-40-31-29-27-25-23-21-19-17-14-11-8-5-2/h8,11,17,19-20,22-23,25-26,28-29,31,70H,4-7,9-10,12-16,18,21,24,27,30,32-69H2,1-3H3/b11-8-,19-17-,22-20-,25-23-,28-26-,31-29-. The first-order chi connectivity index (χ1) is 39.0. The van der Waals surface area contributed by atoms with Gasteiger partial charge < -0.3 is 14.2 Å². The molecule has 1 atom stereocenters. The van der Waals surface area contributed by atoms with Gasteiger partial charge in [0, 0.05) is 19.3 Å². The first-order valence-corrected chi connectivity index (χ1v) is 34.4. The first-order valence-electron chi connectivity index (χ1n) is 34.4. The number of carbonyl (C=O) groups excluding carboxylic acids is 3. The van der Waals surface area contributed by atoms with Crippen LogP contribution in [0.25, 0.3) is 0 Å². The van der Waals surface area contributed by atoms with E-state index in [0.717, 1.165) is 89.9 Å². The minimum atomic E-state index is -0.774. The molecule has 0 aromatic carbocycles. The molecule has 0 N–H and O–H groups in total. The molecule has 0 saturated carbocycles. The number of esters is 3. The fourth-order valence-corrected chi connectivity index (χ4v) is 10.1. The second-order valence-corrected chi connectivity index (χ2v) is 23.1. The van der Waals surface area contributed by atoms with Crippen molar-refractivity contribution in [2.45, 2.75) is 361 Å². The van der Waals surface area contributed by atoms with Crippen molar-refractivity contribution >= 4 is 17.9 Å². The van der Waals surface area contributed by atoms with Crippen molar-refractivity contribution in [2.24, 2.45) is 0 Å². The van der Waals surface area contributed by atoms with E-state index < -0.39 is 6.10 Å². The van der Waals surface area contributed by atoms with Crippen LogP contribution >= 0.6 is 0 Å². The summed E-state index contributed by atoms with van der Waals surface area (Å²) in [5.41, 5.74) is 0. The molecule has 0 aliphatic carbocycles. The van der Waals surface area contributed by atoms with Crippen LogP contribution in [0, 0.1) is 0 Å². The monoisotopic (exact) mass is 1100 g/mol. The quantitative estimate of drug-likeness (QED) is 0.0261. The van der Waals surface area contributed by atoms with Crippen LogP contribution in [0.15, 0.2) is 72.9 Å². The molecule has 0 rings (SSSR count). The molecule has 458 valence electrons. The molecule has 0 fully saturated rings. The summed E-state index contributed by atoms with van der Waals surface area (Å²) in [4.78, 5) is 38.1. The maximum Gasteiger partial charge on any atom is 0.306 e. The summed E-state index contributed by atoms with van der Waals surface area (Å²) in [7, 11) is 0. The lowest BCUT2D eigenvalue weighted by atomic mass is 10.0.